The summed E-state index contributed by atoms with van der Waals surface area (Å²) in [5, 5.41) is 9.36. The number of amides is 2. The largest absolute Gasteiger partial charge is 0.393 e. The molecule has 0 aromatic rings. The highest BCUT2D eigenvalue weighted by molar-refractivity contribution is 6.04. The second kappa shape index (κ2) is 2.80. The van der Waals surface area contributed by atoms with Crippen LogP contribution >= 0.6 is 0 Å². The van der Waals surface area contributed by atoms with Crippen molar-refractivity contribution in [2.45, 2.75) is 25.4 Å². The van der Waals surface area contributed by atoms with Crippen LogP contribution in [0.15, 0.2) is 0 Å². The zero-order chi connectivity index (χ0) is 9.59. The number of carbonyl (C=O) groups excluding carboxylic acids is 2. The molecule has 2 aliphatic rings. The molecular formula is C9H13NO3. The number of carbonyl (C=O) groups is 2. The molecule has 2 amide bonds. The Morgan fingerprint density at radius 3 is 2.54 bits per heavy atom. The van der Waals surface area contributed by atoms with Gasteiger partial charge in [-0.05, 0) is 19.3 Å². The minimum atomic E-state index is -0.399. The van der Waals surface area contributed by atoms with Crippen LogP contribution in [0.5, 0.6) is 0 Å². The summed E-state index contributed by atoms with van der Waals surface area (Å²) in [6.45, 7) is 0. The van der Waals surface area contributed by atoms with Crippen molar-refractivity contribution in [2.75, 3.05) is 7.05 Å². The third-order valence-electron chi connectivity index (χ3n) is 3.12. The maximum Gasteiger partial charge on any atom is 0.232 e. The van der Waals surface area contributed by atoms with Crippen molar-refractivity contribution in [3.63, 3.8) is 0 Å². The van der Waals surface area contributed by atoms with Gasteiger partial charge in [-0.3, -0.25) is 14.5 Å². The van der Waals surface area contributed by atoms with Crippen LogP contribution in [-0.4, -0.2) is 35.0 Å². The van der Waals surface area contributed by atoms with E-state index in [2.05, 4.69) is 0 Å². The molecule has 1 saturated heterocycles. The normalized spacial score (nSPS) is 39.5. The summed E-state index contributed by atoms with van der Waals surface area (Å²) in [6, 6.07) is 0. The van der Waals surface area contributed by atoms with E-state index in [-0.39, 0.29) is 23.7 Å². The second-order valence-corrected chi connectivity index (χ2v) is 3.92. The molecule has 1 aliphatic carbocycles. The van der Waals surface area contributed by atoms with Gasteiger partial charge in [-0.25, -0.2) is 0 Å². The van der Waals surface area contributed by atoms with Gasteiger partial charge in [0.2, 0.25) is 11.8 Å². The number of hydrogen-bond acceptors (Lipinski definition) is 3. The molecule has 0 aromatic carbocycles. The van der Waals surface area contributed by atoms with Crippen molar-refractivity contribution in [1.29, 1.82) is 0 Å². The van der Waals surface area contributed by atoms with Gasteiger partial charge in [-0.15, -0.1) is 0 Å². The van der Waals surface area contributed by atoms with E-state index in [0.29, 0.717) is 19.3 Å². The molecule has 13 heavy (non-hydrogen) atoms. The molecule has 2 rings (SSSR count). The fraction of sp³-hybridized carbons (Fsp3) is 0.778. The number of aliphatic hydroxyl groups excluding tert-OH is 1. The molecule has 3 unspecified atom stereocenters. The van der Waals surface area contributed by atoms with Crippen LogP contribution in [0, 0.1) is 11.8 Å². The Bertz CT molecular complexity index is 264. The Morgan fingerprint density at radius 1 is 1.23 bits per heavy atom. The van der Waals surface area contributed by atoms with Gasteiger partial charge < -0.3 is 5.11 Å². The van der Waals surface area contributed by atoms with Gasteiger partial charge in [0, 0.05) is 7.05 Å². The summed E-state index contributed by atoms with van der Waals surface area (Å²) in [5.41, 5.74) is 0. The Morgan fingerprint density at radius 2 is 1.85 bits per heavy atom. The first-order valence-electron chi connectivity index (χ1n) is 4.60. The van der Waals surface area contributed by atoms with Gasteiger partial charge in [0.25, 0.3) is 0 Å². The van der Waals surface area contributed by atoms with E-state index in [9.17, 15) is 14.7 Å². The Labute approximate surface area is 76.5 Å². The van der Waals surface area contributed by atoms with E-state index < -0.39 is 6.10 Å². The first kappa shape index (κ1) is 8.69. The molecule has 3 atom stereocenters. The molecule has 0 radical (unpaired) electrons. The predicted molar refractivity (Wildman–Crippen MR) is 44.6 cm³/mol. The SMILES string of the molecule is CN1C(=O)C2CCC(O)CC2C1=O. The van der Waals surface area contributed by atoms with Gasteiger partial charge in [0.1, 0.15) is 0 Å². The molecule has 4 heteroatoms. The summed E-state index contributed by atoms with van der Waals surface area (Å²) in [6.07, 6.45) is 1.36. The average molecular weight is 183 g/mol. The molecule has 1 aliphatic heterocycles. The monoisotopic (exact) mass is 183 g/mol. The number of aliphatic hydroxyl groups is 1. The van der Waals surface area contributed by atoms with E-state index in [1.165, 1.54) is 11.9 Å². The number of nitrogens with zero attached hydrogens (tertiary/aromatic N) is 1. The molecule has 4 nitrogen and oxygen atoms in total. The molecule has 1 N–H and O–H groups in total. The minimum Gasteiger partial charge on any atom is -0.393 e. The molecule has 1 heterocycles. The van der Waals surface area contributed by atoms with Crippen LogP contribution in [-0.2, 0) is 9.59 Å². The van der Waals surface area contributed by atoms with Crippen LogP contribution in [0.3, 0.4) is 0 Å². The third-order valence-corrected chi connectivity index (χ3v) is 3.12. The maximum absolute atomic E-state index is 11.5. The highest BCUT2D eigenvalue weighted by atomic mass is 16.3. The lowest BCUT2D eigenvalue weighted by Crippen LogP contribution is -2.29. The zero-order valence-electron chi connectivity index (χ0n) is 7.56. The van der Waals surface area contributed by atoms with E-state index in [0.717, 1.165) is 0 Å². The number of fused-ring (bicyclic) bond motifs is 1. The maximum atomic E-state index is 11.5. The van der Waals surface area contributed by atoms with Gasteiger partial charge in [0.15, 0.2) is 0 Å². The lowest BCUT2D eigenvalue weighted by Gasteiger charge is -2.24. The van der Waals surface area contributed by atoms with Gasteiger partial charge in [-0.1, -0.05) is 0 Å². The Hall–Kier alpha value is -0.900. The van der Waals surface area contributed by atoms with E-state index in [1.807, 2.05) is 0 Å². The summed E-state index contributed by atoms with van der Waals surface area (Å²) in [5.74, 6) is -0.585. The molecule has 2 fully saturated rings. The number of rotatable bonds is 0. The molecule has 72 valence electrons. The average Bonchev–Trinajstić information content (AvgIpc) is 2.32. The summed E-state index contributed by atoms with van der Waals surface area (Å²) in [4.78, 5) is 24.2. The topological polar surface area (TPSA) is 57.6 Å². The van der Waals surface area contributed by atoms with Crippen molar-refractivity contribution in [1.82, 2.24) is 4.90 Å². The summed E-state index contributed by atoms with van der Waals surface area (Å²) in [7, 11) is 1.52. The fourth-order valence-corrected chi connectivity index (χ4v) is 2.32. The summed E-state index contributed by atoms with van der Waals surface area (Å²) < 4.78 is 0. The van der Waals surface area contributed by atoms with Gasteiger partial charge in [-0.2, -0.15) is 0 Å². The standard InChI is InChI=1S/C9H13NO3/c1-10-8(12)6-3-2-5(11)4-7(6)9(10)13/h5-7,11H,2-4H2,1H3. The van der Waals surface area contributed by atoms with Crippen molar-refractivity contribution in [3.8, 4) is 0 Å². The van der Waals surface area contributed by atoms with Crippen LogP contribution in [0.25, 0.3) is 0 Å². The molecule has 0 bridgehead atoms. The van der Waals surface area contributed by atoms with Gasteiger partial charge in [0.05, 0.1) is 17.9 Å². The van der Waals surface area contributed by atoms with Gasteiger partial charge >= 0.3 is 0 Å². The van der Waals surface area contributed by atoms with E-state index in [4.69, 9.17) is 0 Å². The predicted octanol–water partition coefficient (Wildman–Crippen LogP) is -0.238. The van der Waals surface area contributed by atoms with E-state index in [1.54, 1.807) is 0 Å². The van der Waals surface area contributed by atoms with Crippen LogP contribution in [0.1, 0.15) is 19.3 Å². The Kier molecular flexibility index (Phi) is 1.87. The first-order valence-corrected chi connectivity index (χ1v) is 4.60. The van der Waals surface area contributed by atoms with Crippen LogP contribution in [0.2, 0.25) is 0 Å². The number of imide groups is 1. The lowest BCUT2D eigenvalue weighted by molar-refractivity contribution is -0.138. The van der Waals surface area contributed by atoms with Crippen molar-refractivity contribution in [2.24, 2.45) is 11.8 Å². The van der Waals surface area contributed by atoms with Crippen molar-refractivity contribution >= 4 is 11.8 Å². The van der Waals surface area contributed by atoms with Crippen molar-refractivity contribution < 1.29 is 14.7 Å². The molecule has 0 spiro atoms. The highest BCUT2D eigenvalue weighted by Gasteiger charge is 2.48. The number of hydrogen-bond donors (Lipinski definition) is 1. The third kappa shape index (κ3) is 1.16. The molecule has 0 aromatic heterocycles. The molecular weight excluding hydrogens is 170 g/mol. The smallest absolute Gasteiger partial charge is 0.232 e. The van der Waals surface area contributed by atoms with Crippen LogP contribution < -0.4 is 0 Å². The lowest BCUT2D eigenvalue weighted by atomic mass is 9.80. The first-order chi connectivity index (χ1) is 6.11. The minimum absolute atomic E-state index is 0.0677. The Balaban J connectivity index is 2.22. The van der Waals surface area contributed by atoms with E-state index >= 15 is 0 Å². The molecule has 1 saturated carbocycles. The summed E-state index contributed by atoms with van der Waals surface area (Å²) >= 11 is 0. The van der Waals surface area contributed by atoms with Crippen molar-refractivity contribution in [3.05, 3.63) is 0 Å². The fourth-order valence-electron chi connectivity index (χ4n) is 2.32. The second-order valence-electron chi connectivity index (χ2n) is 3.92. The highest BCUT2D eigenvalue weighted by Crippen LogP contribution is 2.37. The zero-order valence-corrected chi connectivity index (χ0v) is 7.56. The number of likely N-dealkylation sites (tertiary alicyclic amines) is 1. The van der Waals surface area contributed by atoms with Crippen LogP contribution in [0.4, 0.5) is 0 Å². The quantitative estimate of drug-likeness (QED) is 0.527.